The first-order valence-corrected chi connectivity index (χ1v) is 8.56. The molecule has 0 heterocycles. The first-order valence-electron chi connectivity index (χ1n) is 8.56. The van der Waals surface area contributed by atoms with Gasteiger partial charge in [-0.3, -0.25) is 25.5 Å². The third-order valence-electron chi connectivity index (χ3n) is 3.05. The zero-order valence-corrected chi connectivity index (χ0v) is 18.1. The van der Waals surface area contributed by atoms with E-state index in [1.807, 2.05) is 0 Å². The summed E-state index contributed by atoms with van der Waals surface area (Å²) in [6.07, 6.45) is -6.88. The van der Waals surface area contributed by atoms with E-state index in [1.54, 1.807) is 0 Å². The molecule has 0 aliphatic rings. The van der Waals surface area contributed by atoms with Gasteiger partial charge in [-0.2, -0.15) is 0 Å². The molecule has 0 aromatic carbocycles. The maximum atomic E-state index is 11.7. The van der Waals surface area contributed by atoms with E-state index in [4.69, 9.17) is 9.47 Å². The third-order valence-corrected chi connectivity index (χ3v) is 3.05. The minimum Gasteiger partial charge on any atom is -0.488 e. The molecule has 0 aromatic heterocycles. The molecule has 0 amide bonds. The predicted octanol–water partition coefficient (Wildman–Crippen LogP) is 1.08. The van der Waals surface area contributed by atoms with Crippen molar-refractivity contribution in [3.05, 3.63) is 6.42 Å². The molecule has 0 saturated carbocycles. The molecule has 0 rings (SSSR count). The van der Waals surface area contributed by atoms with Crippen molar-refractivity contribution < 1.29 is 84.4 Å². The van der Waals surface area contributed by atoms with Crippen molar-refractivity contribution in [3.8, 4) is 0 Å². The number of rotatable bonds is 15. The van der Waals surface area contributed by atoms with Crippen LogP contribution < -0.4 is 29.6 Å². The van der Waals surface area contributed by atoms with Crippen molar-refractivity contribution in [2.24, 2.45) is 0 Å². The van der Waals surface area contributed by atoms with Crippen LogP contribution in [0.15, 0.2) is 0 Å². The number of unbranched alkanes of at least 4 members (excludes halogenated alkanes) is 4. The van der Waals surface area contributed by atoms with Crippen LogP contribution in [0.1, 0.15) is 44.9 Å². The minimum absolute atomic E-state index is 0. The van der Waals surface area contributed by atoms with Gasteiger partial charge >= 0.3 is 42.3 Å². The van der Waals surface area contributed by atoms with E-state index in [-0.39, 0.29) is 62.0 Å². The van der Waals surface area contributed by atoms with Crippen LogP contribution >= 0.6 is 0 Å². The number of carbonyl (C=O) groups excluding carboxylic acids is 2. The topological polar surface area (TPSA) is 71.1 Å². The molecule has 0 unspecified atom stereocenters. The average molecular weight is 448 g/mol. The Labute approximate surface area is 186 Å². The molecule has 0 N–H and O–H groups in total. The zero-order valence-electron chi connectivity index (χ0n) is 16.1. The van der Waals surface area contributed by atoms with Crippen LogP contribution in [-0.2, 0) is 28.5 Å². The van der Waals surface area contributed by atoms with Crippen molar-refractivity contribution in [3.63, 3.8) is 0 Å². The van der Waals surface area contributed by atoms with Gasteiger partial charge in [0.15, 0.2) is 5.97 Å². The van der Waals surface area contributed by atoms with Gasteiger partial charge in [0.1, 0.15) is 0 Å². The Morgan fingerprint density at radius 1 is 0.655 bits per heavy atom. The molecule has 6 nitrogen and oxygen atoms in total. The Hall–Kier alpha value is -0.690. The van der Waals surface area contributed by atoms with Crippen LogP contribution in [0.2, 0.25) is 0 Å². The second-order valence-corrected chi connectivity index (χ2v) is 5.51. The Bertz CT molecular complexity index is 405. The number of esters is 2. The van der Waals surface area contributed by atoms with Gasteiger partial charge in [-0.1, -0.05) is 6.42 Å². The smallest absolute Gasteiger partial charge is 0.488 e. The summed E-state index contributed by atoms with van der Waals surface area (Å²) in [6, 6.07) is 0. The fourth-order valence-electron chi connectivity index (χ4n) is 1.78. The molecule has 13 heteroatoms. The number of carbonyl (C=O) groups is 2. The summed E-state index contributed by atoms with van der Waals surface area (Å²) in [5.41, 5.74) is 0. The van der Waals surface area contributed by atoms with E-state index in [0.717, 1.165) is 6.42 Å². The van der Waals surface area contributed by atoms with Gasteiger partial charge < -0.3 is 9.47 Å². The number of hydrogen-bond acceptors (Lipinski definition) is 6. The fraction of sp³-hybridized carbons (Fsp3) is 0.812. The molecule has 0 spiro atoms. The number of ether oxygens (including phenoxy) is 4. The maximum Gasteiger partial charge on any atom is 1.00 e. The molecule has 0 aliphatic carbocycles. The first-order chi connectivity index (χ1) is 13.0. The minimum atomic E-state index is -4.66. The third kappa shape index (κ3) is 25.3. The molecule has 29 heavy (non-hydrogen) atoms. The van der Waals surface area contributed by atoms with Crippen molar-refractivity contribution in [2.45, 2.75) is 57.7 Å². The Balaban J connectivity index is 0. The van der Waals surface area contributed by atoms with E-state index < -0.39 is 37.9 Å². The summed E-state index contributed by atoms with van der Waals surface area (Å²) < 4.78 is 86.9. The van der Waals surface area contributed by atoms with Crippen molar-refractivity contribution in [1.82, 2.24) is 0 Å². The van der Waals surface area contributed by atoms with Crippen LogP contribution in [0.5, 0.6) is 0 Å². The molecular formula is C16H23F6NaO6. The number of halogens is 6. The van der Waals surface area contributed by atoms with E-state index >= 15 is 0 Å². The van der Waals surface area contributed by atoms with Gasteiger partial charge in [-0.15, -0.1) is 26.3 Å². The van der Waals surface area contributed by atoms with Crippen LogP contribution in [-0.4, -0.2) is 51.1 Å². The van der Waals surface area contributed by atoms with Crippen molar-refractivity contribution >= 4 is 11.9 Å². The Morgan fingerprint density at radius 3 is 1.52 bits per heavy atom. The Kier molecular flexibility index (Phi) is 17.9. The van der Waals surface area contributed by atoms with Crippen LogP contribution in [0.4, 0.5) is 26.3 Å². The van der Waals surface area contributed by atoms with Gasteiger partial charge in [-0.05, 0) is 38.5 Å². The molecular weight excluding hydrogens is 425 g/mol. The summed E-state index contributed by atoms with van der Waals surface area (Å²) >= 11 is 0. The van der Waals surface area contributed by atoms with Gasteiger partial charge in [0.25, 0.3) is 5.97 Å². The molecule has 0 radical (unpaired) electrons. The van der Waals surface area contributed by atoms with Gasteiger partial charge in [0, 0.05) is 0 Å². The monoisotopic (exact) mass is 448 g/mol. The van der Waals surface area contributed by atoms with E-state index in [9.17, 15) is 35.9 Å². The summed E-state index contributed by atoms with van der Waals surface area (Å²) in [7, 11) is 0. The van der Waals surface area contributed by atoms with Crippen LogP contribution in [0.3, 0.4) is 0 Å². The molecule has 0 saturated heterocycles. The SMILES string of the molecule is O=C([CH-]CC(=O)OCCCCCOC(F)(F)F)OCCCCCOC(F)(F)F.[Na+]. The molecule has 0 atom stereocenters. The van der Waals surface area contributed by atoms with E-state index in [1.165, 1.54) is 0 Å². The van der Waals surface area contributed by atoms with Gasteiger partial charge in [0.05, 0.1) is 26.4 Å². The van der Waals surface area contributed by atoms with Gasteiger partial charge in [0.2, 0.25) is 0 Å². The zero-order chi connectivity index (χ0) is 21.5. The van der Waals surface area contributed by atoms with Crippen molar-refractivity contribution in [1.29, 1.82) is 0 Å². The molecule has 166 valence electrons. The fourth-order valence-corrected chi connectivity index (χ4v) is 1.78. The molecule has 0 aromatic rings. The van der Waals surface area contributed by atoms with E-state index in [2.05, 4.69) is 9.47 Å². The summed E-state index contributed by atoms with van der Waals surface area (Å²) in [4.78, 5) is 22.7. The molecule has 0 fully saturated rings. The summed E-state index contributed by atoms with van der Waals surface area (Å²) in [6.45, 7) is -0.929. The molecule has 0 aliphatic heterocycles. The van der Waals surface area contributed by atoms with Gasteiger partial charge in [-0.25, -0.2) is 0 Å². The second-order valence-electron chi connectivity index (χ2n) is 5.51. The largest absolute Gasteiger partial charge is 1.00 e. The van der Waals surface area contributed by atoms with E-state index in [0.29, 0.717) is 25.7 Å². The average Bonchev–Trinajstić information content (AvgIpc) is 2.56. The second kappa shape index (κ2) is 17.0. The maximum absolute atomic E-state index is 11.7. The standard InChI is InChI=1S/C16H23F6O6.Na/c17-15(18,19)27-11-5-1-3-9-25-13(23)7-8-14(24)26-10-4-2-6-12-28-16(20,21)22;/h7H,1-6,8-12H2;/q-1;+1. The summed E-state index contributed by atoms with van der Waals surface area (Å²) in [5, 5.41) is 0. The Morgan fingerprint density at radius 2 is 1.07 bits per heavy atom. The first kappa shape index (κ1) is 30.5. The normalized spacial score (nSPS) is 11.5. The van der Waals surface area contributed by atoms with Crippen LogP contribution in [0.25, 0.3) is 0 Å². The van der Waals surface area contributed by atoms with Crippen molar-refractivity contribution in [2.75, 3.05) is 26.4 Å². The summed E-state index contributed by atoms with van der Waals surface area (Å²) in [5.74, 6) is -1.44. The predicted molar refractivity (Wildman–Crippen MR) is 82.6 cm³/mol. The number of hydrogen-bond donors (Lipinski definition) is 0. The van der Waals surface area contributed by atoms with Crippen LogP contribution in [0, 0.1) is 6.42 Å². The molecule has 0 bridgehead atoms. The number of alkyl halides is 6. The quantitative estimate of drug-likeness (QED) is 0.123.